The van der Waals surface area contributed by atoms with E-state index in [1.165, 1.54) is 19.2 Å². The van der Waals surface area contributed by atoms with Gasteiger partial charge in [0.1, 0.15) is 29.0 Å². The summed E-state index contributed by atoms with van der Waals surface area (Å²) in [6.45, 7) is 4.43. The number of benzene rings is 1. The molecular weight excluding hydrogens is 394 g/mol. The smallest absolute Gasteiger partial charge is 0.328 e. The van der Waals surface area contributed by atoms with Crippen LogP contribution in [0.15, 0.2) is 49.4 Å². The molecule has 1 fully saturated rings. The van der Waals surface area contributed by atoms with Gasteiger partial charge in [-0.25, -0.2) is 23.5 Å². The van der Waals surface area contributed by atoms with Crippen LogP contribution in [0, 0.1) is 11.6 Å². The number of aromatic nitrogens is 3. The van der Waals surface area contributed by atoms with E-state index in [9.17, 15) is 13.6 Å². The Balaban J connectivity index is 1.76. The molecule has 0 N–H and O–H groups in total. The zero-order chi connectivity index (χ0) is 21.3. The van der Waals surface area contributed by atoms with Crippen molar-refractivity contribution in [3.05, 3.63) is 61.1 Å². The van der Waals surface area contributed by atoms with E-state index in [1.807, 2.05) is 0 Å². The molecule has 0 spiro atoms. The lowest BCUT2D eigenvalue weighted by atomic mass is 10.2. The molecule has 1 aromatic carbocycles. The van der Waals surface area contributed by atoms with Crippen LogP contribution in [0.25, 0.3) is 16.9 Å². The van der Waals surface area contributed by atoms with Crippen molar-refractivity contribution < 1.29 is 23.0 Å². The Morgan fingerprint density at radius 2 is 2.20 bits per heavy atom. The second-order valence-corrected chi connectivity index (χ2v) is 6.88. The molecular formula is C21H20F2N4O3. The number of carbonyl (C=O) groups excluding carboxylic acids is 1. The molecule has 4 rings (SSSR count). The van der Waals surface area contributed by atoms with Gasteiger partial charge < -0.3 is 14.4 Å². The van der Waals surface area contributed by atoms with Gasteiger partial charge in [-0.15, -0.1) is 6.58 Å². The molecule has 0 bridgehead atoms. The molecule has 7 nitrogen and oxygen atoms in total. The Morgan fingerprint density at radius 1 is 1.37 bits per heavy atom. The molecule has 0 saturated carbocycles. The number of fused-ring (bicyclic) bond motifs is 1. The highest BCUT2D eigenvalue weighted by Gasteiger charge is 2.39. The van der Waals surface area contributed by atoms with Crippen molar-refractivity contribution in [2.24, 2.45) is 0 Å². The van der Waals surface area contributed by atoms with E-state index >= 15 is 0 Å². The van der Waals surface area contributed by atoms with Gasteiger partial charge in [0.25, 0.3) is 0 Å². The van der Waals surface area contributed by atoms with Crippen LogP contribution in [-0.2, 0) is 14.3 Å². The van der Waals surface area contributed by atoms with Crippen molar-refractivity contribution in [1.82, 2.24) is 14.4 Å². The Labute approximate surface area is 171 Å². The summed E-state index contributed by atoms with van der Waals surface area (Å²) >= 11 is 0. The van der Waals surface area contributed by atoms with Gasteiger partial charge in [-0.05, 0) is 12.1 Å². The summed E-state index contributed by atoms with van der Waals surface area (Å²) in [5.41, 5.74) is 0.737. The minimum Gasteiger partial charge on any atom is -0.467 e. The number of rotatable bonds is 6. The van der Waals surface area contributed by atoms with Crippen LogP contribution < -0.4 is 4.90 Å². The molecule has 156 valence electrons. The first-order valence-electron chi connectivity index (χ1n) is 9.38. The molecule has 0 unspecified atom stereocenters. The van der Waals surface area contributed by atoms with Gasteiger partial charge in [-0.1, -0.05) is 6.08 Å². The molecule has 2 aromatic heterocycles. The van der Waals surface area contributed by atoms with Crippen LogP contribution in [0.3, 0.4) is 0 Å². The topological polar surface area (TPSA) is 69.0 Å². The largest absolute Gasteiger partial charge is 0.467 e. The standard InChI is InChI=1S/C21H20F2N4O3/c1-3-8-30-14-10-17(21(28)29-2)27(12-14)20-18-11-25-19(26(18)7-6-24-20)15-5-4-13(22)9-16(15)23/h3-7,9,11,14,17H,1,8,10,12H2,2H3/t14-,17-/m0/s1. The molecule has 0 amide bonds. The predicted molar refractivity (Wildman–Crippen MR) is 106 cm³/mol. The number of nitrogens with zero attached hydrogens (tertiary/aromatic N) is 4. The molecule has 30 heavy (non-hydrogen) atoms. The summed E-state index contributed by atoms with van der Waals surface area (Å²) in [6.07, 6.45) is 6.62. The minimum absolute atomic E-state index is 0.159. The van der Waals surface area contributed by atoms with Crippen molar-refractivity contribution in [2.45, 2.75) is 18.6 Å². The van der Waals surface area contributed by atoms with E-state index in [-0.39, 0.29) is 11.7 Å². The van der Waals surface area contributed by atoms with E-state index in [1.54, 1.807) is 34.0 Å². The number of carbonyl (C=O) groups is 1. The van der Waals surface area contributed by atoms with Gasteiger partial charge in [-0.2, -0.15) is 0 Å². The van der Waals surface area contributed by atoms with E-state index in [2.05, 4.69) is 16.5 Å². The predicted octanol–water partition coefficient (Wildman–Crippen LogP) is 3.00. The first-order chi connectivity index (χ1) is 14.5. The van der Waals surface area contributed by atoms with E-state index in [0.29, 0.717) is 36.7 Å². The van der Waals surface area contributed by atoms with Crippen LogP contribution >= 0.6 is 0 Å². The third-order valence-corrected chi connectivity index (χ3v) is 5.07. The minimum atomic E-state index is -0.715. The lowest BCUT2D eigenvalue weighted by molar-refractivity contribution is -0.142. The van der Waals surface area contributed by atoms with E-state index in [0.717, 1.165) is 6.07 Å². The van der Waals surface area contributed by atoms with Crippen LogP contribution in [0.1, 0.15) is 6.42 Å². The number of imidazole rings is 1. The molecule has 1 saturated heterocycles. The van der Waals surface area contributed by atoms with Crippen molar-refractivity contribution in [1.29, 1.82) is 0 Å². The molecule has 0 radical (unpaired) electrons. The van der Waals surface area contributed by atoms with E-state index in [4.69, 9.17) is 9.47 Å². The van der Waals surface area contributed by atoms with Crippen LogP contribution in [0.5, 0.6) is 0 Å². The number of anilines is 1. The maximum Gasteiger partial charge on any atom is 0.328 e. The van der Waals surface area contributed by atoms with Gasteiger partial charge >= 0.3 is 5.97 Å². The fraction of sp³-hybridized carbons (Fsp3) is 0.286. The fourth-order valence-corrected chi connectivity index (χ4v) is 3.72. The third-order valence-electron chi connectivity index (χ3n) is 5.07. The highest BCUT2D eigenvalue weighted by Crippen LogP contribution is 2.32. The number of esters is 1. The number of methoxy groups -OCH3 is 1. The van der Waals surface area contributed by atoms with Gasteiger partial charge in [-0.3, -0.25) is 4.40 Å². The summed E-state index contributed by atoms with van der Waals surface area (Å²) in [5.74, 6) is -0.971. The van der Waals surface area contributed by atoms with Gasteiger partial charge in [0.15, 0.2) is 5.82 Å². The lowest BCUT2D eigenvalue weighted by Crippen LogP contribution is -2.37. The molecule has 2 atom stereocenters. The SMILES string of the molecule is C=CCO[C@H]1C[C@@H](C(=O)OC)N(c2nccn3c(-c4ccc(F)cc4F)ncc23)C1. The number of halogens is 2. The summed E-state index contributed by atoms with van der Waals surface area (Å²) in [7, 11) is 1.33. The number of hydrogen-bond acceptors (Lipinski definition) is 6. The zero-order valence-corrected chi connectivity index (χ0v) is 16.3. The molecule has 3 aromatic rings. The van der Waals surface area contributed by atoms with Gasteiger partial charge in [0.05, 0.1) is 31.6 Å². The van der Waals surface area contributed by atoms with E-state index < -0.39 is 23.6 Å². The average molecular weight is 414 g/mol. The molecule has 1 aliphatic rings. The van der Waals surface area contributed by atoms with Crippen molar-refractivity contribution in [3.8, 4) is 11.4 Å². The molecule has 3 heterocycles. The Morgan fingerprint density at radius 3 is 2.93 bits per heavy atom. The second kappa shape index (κ2) is 8.19. The van der Waals surface area contributed by atoms with Crippen LogP contribution in [-0.4, -0.2) is 52.7 Å². The zero-order valence-electron chi connectivity index (χ0n) is 16.3. The van der Waals surface area contributed by atoms with Crippen LogP contribution in [0.2, 0.25) is 0 Å². The third kappa shape index (κ3) is 3.52. The van der Waals surface area contributed by atoms with Gasteiger partial charge in [0.2, 0.25) is 0 Å². The quantitative estimate of drug-likeness (QED) is 0.456. The molecule has 1 aliphatic heterocycles. The molecule has 0 aliphatic carbocycles. The van der Waals surface area contributed by atoms with Crippen molar-refractivity contribution in [3.63, 3.8) is 0 Å². The lowest BCUT2D eigenvalue weighted by Gasteiger charge is -2.24. The van der Waals surface area contributed by atoms with Crippen LogP contribution in [0.4, 0.5) is 14.6 Å². The first kappa shape index (κ1) is 20.0. The Bertz CT molecular complexity index is 1100. The summed E-state index contributed by atoms with van der Waals surface area (Å²) < 4.78 is 40.0. The average Bonchev–Trinajstić information content (AvgIpc) is 3.36. The maximum absolute atomic E-state index is 14.3. The highest BCUT2D eigenvalue weighted by molar-refractivity contribution is 5.84. The summed E-state index contributed by atoms with van der Waals surface area (Å²) in [5, 5.41) is 0. The van der Waals surface area contributed by atoms with Crippen molar-refractivity contribution in [2.75, 3.05) is 25.2 Å². The maximum atomic E-state index is 14.3. The Kier molecular flexibility index (Phi) is 5.45. The second-order valence-electron chi connectivity index (χ2n) is 6.88. The number of hydrogen-bond donors (Lipinski definition) is 0. The van der Waals surface area contributed by atoms with Gasteiger partial charge in [0, 0.05) is 31.4 Å². The monoisotopic (exact) mass is 414 g/mol. The normalized spacial score (nSPS) is 18.7. The fourth-order valence-electron chi connectivity index (χ4n) is 3.72. The summed E-state index contributed by atoms with van der Waals surface area (Å²) in [6, 6.07) is 2.75. The highest BCUT2D eigenvalue weighted by atomic mass is 19.1. The van der Waals surface area contributed by atoms with Crippen molar-refractivity contribution >= 4 is 17.3 Å². The Hall–Kier alpha value is -3.33. The molecule has 9 heteroatoms. The summed E-state index contributed by atoms with van der Waals surface area (Å²) in [4.78, 5) is 23.0. The first-order valence-corrected chi connectivity index (χ1v) is 9.38. The number of ether oxygens (including phenoxy) is 2.